The van der Waals surface area contributed by atoms with E-state index in [4.69, 9.17) is 22.2 Å². The molecule has 3 aromatic rings. The summed E-state index contributed by atoms with van der Waals surface area (Å²) in [6.45, 7) is 1.85. The number of thioether (sulfide) groups is 1. The van der Waals surface area contributed by atoms with E-state index >= 15 is 0 Å². The van der Waals surface area contributed by atoms with E-state index in [-0.39, 0.29) is 11.7 Å². The number of carbonyl (C=O) groups excluding carboxylic acids is 1. The van der Waals surface area contributed by atoms with Gasteiger partial charge in [-0.15, -0.1) is 10.2 Å². The minimum absolute atomic E-state index is 0.108. The first-order chi connectivity index (χ1) is 13.0. The molecule has 0 bridgehead atoms. The number of hydrogen-bond donors (Lipinski definition) is 2. The molecule has 0 aliphatic carbocycles. The van der Waals surface area contributed by atoms with Crippen LogP contribution in [0.25, 0.3) is 11.4 Å². The number of nitrogens with zero attached hydrogens (tertiary/aromatic N) is 4. The summed E-state index contributed by atoms with van der Waals surface area (Å²) in [5, 5.41) is 11.9. The Labute approximate surface area is 165 Å². The molecule has 3 N–H and O–H groups in total. The van der Waals surface area contributed by atoms with Crippen molar-refractivity contribution in [3.8, 4) is 17.1 Å². The minimum Gasteiger partial charge on any atom is -0.495 e. The first kappa shape index (κ1) is 19.0. The van der Waals surface area contributed by atoms with Gasteiger partial charge in [0.2, 0.25) is 11.1 Å². The Morgan fingerprint density at radius 3 is 2.78 bits per heavy atom. The number of benzene rings is 1. The molecular formula is C17H17ClN6O2S. The number of nitrogens with one attached hydrogen (secondary N) is 1. The molecule has 1 aromatic carbocycles. The van der Waals surface area contributed by atoms with E-state index in [0.29, 0.717) is 27.4 Å². The number of ether oxygens (including phenoxy) is 1. The van der Waals surface area contributed by atoms with Crippen LogP contribution in [0.2, 0.25) is 5.02 Å². The lowest BCUT2D eigenvalue weighted by Gasteiger charge is -2.12. The molecule has 10 heteroatoms. The zero-order chi connectivity index (χ0) is 19.4. The maximum absolute atomic E-state index is 12.3. The van der Waals surface area contributed by atoms with Crippen molar-refractivity contribution in [2.75, 3.05) is 24.0 Å². The molecule has 0 spiro atoms. The fourth-order valence-electron chi connectivity index (χ4n) is 2.32. The summed E-state index contributed by atoms with van der Waals surface area (Å²) in [5.74, 6) is 6.91. The molecule has 8 nitrogen and oxygen atoms in total. The lowest BCUT2D eigenvalue weighted by atomic mass is 10.2. The van der Waals surface area contributed by atoms with E-state index in [1.54, 1.807) is 36.7 Å². The van der Waals surface area contributed by atoms with E-state index in [1.807, 2.05) is 6.92 Å². The van der Waals surface area contributed by atoms with Crippen molar-refractivity contribution in [1.29, 1.82) is 0 Å². The van der Waals surface area contributed by atoms with Crippen molar-refractivity contribution in [2.45, 2.75) is 12.1 Å². The van der Waals surface area contributed by atoms with E-state index in [1.165, 1.54) is 23.5 Å². The van der Waals surface area contributed by atoms with Crippen molar-refractivity contribution in [3.05, 3.63) is 47.2 Å². The van der Waals surface area contributed by atoms with Crippen LogP contribution in [0.15, 0.2) is 41.8 Å². The van der Waals surface area contributed by atoms with Gasteiger partial charge in [0.25, 0.3) is 0 Å². The molecule has 3 rings (SSSR count). The molecule has 0 unspecified atom stereocenters. The van der Waals surface area contributed by atoms with Crippen LogP contribution in [0.5, 0.6) is 5.75 Å². The summed E-state index contributed by atoms with van der Waals surface area (Å²) >= 11 is 7.26. The van der Waals surface area contributed by atoms with Gasteiger partial charge in [0.05, 0.1) is 18.6 Å². The Morgan fingerprint density at radius 1 is 1.33 bits per heavy atom. The molecule has 1 amide bonds. The van der Waals surface area contributed by atoms with Gasteiger partial charge in [-0.25, -0.2) is 4.68 Å². The monoisotopic (exact) mass is 404 g/mol. The number of hydrogen-bond acceptors (Lipinski definition) is 7. The van der Waals surface area contributed by atoms with E-state index in [9.17, 15) is 4.79 Å². The smallest absolute Gasteiger partial charge is 0.234 e. The second-order valence-electron chi connectivity index (χ2n) is 5.55. The van der Waals surface area contributed by atoms with Gasteiger partial charge in [-0.05, 0) is 30.7 Å². The van der Waals surface area contributed by atoms with Gasteiger partial charge in [0, 0.05) is 29.0 Å². The predicted molar refractivity (Wildman–Crippen MR) is 105 cm³/mol. The quantitative estimate of drug-likeness (QED) is 0.480. The highest BCUT2D eigenvalue weighted by molar-refractivity contribution is 7.99. The van der Waals surface area contributed by atoms with E-state index < -0.39 is 0 Å². The van der Waals surface area contributed by atoms with Crippen LogP contribution in [0.3, 0.4) is 0 Å². The van der Waals surface area contributed by atoms with Gasteiger partial charge < -0.3 is 15.9 Å². The van der Waals surface area contributed by atoms with Crippen LogP contribution in [0.1, 0.15) is 5.56 Å². The molecule has 27 heavy (non-hydrogen) atoms. The number of pyridine rings is 1. The van der Waals surface area contributed by atoms with Crippen molar-refractivity contribution >= 4 is 35.0 Å². The highest BCUT2D eigenvalue weighted by Gasteiger charge is 2.15. The predicted octanol–water partition coefficient (Wildman–Crippen LogP) is 2.76. The van der Waals surface area contributed by atoms with Gasteiger partial charge in [-0.2, -0.15) is 0 Å². The number of anilines is 1. The third-order valence-corrected chi connectivity index (χ3v) is 5.04. The maximum atomic E-state index is 12.3. The van der Waals surface area contributed by atoms with Crippen LogP contribution in [-0.2, 0) is 4.79 Å². The summed E-state index contributed by atoms with van der Waals surface area (Å²) in [5.41, 5.74) is 2.18. The average molecular weight is 405 g/mol. The number of rotatable bonds is 6. The first-order valence-electron chi connectivity index (χ1n) is 7.87. The van der Waals surface area contributed by atoms with Crippen molar-refractivity contribution in [3.63, 3.8) is 0 Å². The Hall–Kier alpha value is -2.78. The largest absolute Gasteiger partial charge is 0.495 e. The number of nitrogen functional groups attached to an aromatic ring is 1. The molecule has 0 radical (unpaired) electrons. The number of aromatic nitrogens is 4. The number of halogens is 1. The van der Waals surface area contributed by atoms with E-state index in [0.717, 1.165) is 11.1 Å². The molecule has 0 saturated heterocycles. The fourth-order valence-corrected chi connectivity index (χ4v) is 3.13. The third-order valence-electron chi connectivity index (χ3n) is 3.69. The number of aryl methyl sites for hydroxylation is 1. The summed E-state index contributed by atoms with van der Waals surface area (Å²) in [6.07, 6.45) is 3.29. The molecule has 0 aliphatic rings. The average Bonchev–Trinajstić information content (AvgIpc) is 3.04. The lowest BCUT2D eigenvalue weighted by molar-refractivity contribution is -0.113. The molecule has 0 saturated carbocycles. The zero-order valence-electron chi connectivity index (χ0n) is 14.6. The minimum atomic E-state index is -0.228. The second-order valence-corrected chi connectivity index (χ2v) is 6.90. The van der Waals surface area contributed by atoms with Crippen LogP contribution in [-0.4, -0.2) is 38.6 Å². The van der Waals surface area contributed by atoms with Gasteiger partial charge in [0.1, 0.15) is 5.75 Å². The van der Waals surface area contributed by atoms with Crippen molar-refractivity contribution in [1.82, 2.24) is 19.9 Å². The normalized spacial score (nSPS) is 10.6. The summed E-state index contributed by atoms with van der Waals surface area (Å²) in [4.78, 5) is 16.3. The Balaban J connectivity index is 1.67. The Bertz CT molecular complexity index is 964. The molecule has 0 atom stereocenters. The van der Waals surface area contributed by atoms with Crippen LogP contribution < -0.4 is 15.9 Å². The second kappa shape index (κ2) is 8.28. The number of carbonyl (C=O) groups is 1. The SMILES string of the molecule is COc1cc(Cl)c(C)cc1NC(=O)CSc1nnc(-c2ccncc2)n1N. The van der Waals surface area contributed by atoms with Gasteiger partial charge in [-0.1, -0.05) is 23.4 Å². The number of amides is 1. The molecule has 2 heterocycles. The van der Waals surface area contributed by atoms with Crippen LogP contribution >= 0.6 is 23.4 Å². The van der Waals surface area contributed by atoms with Gasteiger partial charge >= 0.3 is 0 Å². The van der Waals surface area contributed by atoms with Crippen LogP contribution in [0.4, 0.5) is 5.69 Å². The Morgan fingerprint density at radius 2 is 2.07 bits per heavy atom. The highest BCUT2D eigenvalue weighted by Crippen LogP contribution is 2.31. The maximum Gasteiger partial charge on any atom is 0.234 e. The highest BCUT2D eigenvalue weighted by atomic mass is 35.5. The number of nitrogens with two attached hydrogens (primary N) is 1. The van der Waals surface area contributed by atoms with Crippen molar-refractivity contribution in [2.24, 2.45) is 0 Å². The summed E-state index contributed by atoms with van der Waals surface area (Å²) in [7, 11) is 1.52. The first-order valence-corrected chi connectivity index (χ1v) is 9.23. The molecule has 140 valence electrons. The standard InChI is InChI=1S/C17H17ClN6O2S/c1-10-7-13(14(26-2)8-12(10)18)21-15(25)9-27-17-23-22-16(24(17)19)11-3-5-20-6-4-11/h3-8H,9,19H2,1-2H3,(H,21,25). The topological polar surface area (TPSA) is 108 Å². The van der Waals surface area contributed by atoms with Gasteiger partial charge in [0.15, 0.2) is 5.82 Å². The fraction of sp³-hybridized carbons (Fsp3) is 0.176. The lowest BCUT2D eigenvalue weighted by Crippen LogP contribution is -2.17. The summed E-state index contributed by atoms with van der Waals surface area (Å²) in [6, 6.07) is 6.99. The van der Waals surface area contributed by atoms with Gasteiger partial charge in [-0.3, -0.25) is 9.78 Å². The molecule has 2 aromatic heterocycles. The Kier molecular flexibility index (Phi) is 5.82. The molecule has 0 aliphatic heterocycles. The zero-order valence-corrected chi connectivity index (χ0v) is 16.2. The number of methoxy groups -OCH3 is 1. The third kappa shape index (κ3) is 4.32. The molecular weight excluding hydrogens is 388 g/mol. The van der Waals surface area contributed by atoms with Crippen molar-refractivity contribution < 1.29 is 9.53 Å². The van der Waals surface area contributed by atoms with Crippen LogP contribution in [0, 0.1) is 6.92 Å². The molecule has 0 fully saturated rings. The summed E-state index contributed by atoms with van der Waals surface area (Å²) < 4.78 is 6.61. The van der Waals surface area contributed by atoms with E-state index in [2.05, 4.69) is 20.5 Å².